The Morgan fingerprint density at radius 2 is 1.95 bits per heavy atom. The largest absolute Gasteiger partial charge is 0.494 e. The number of hydrogen-bond acceptors (Lipinski definition) is 3. The summed E-state index contributed by atoms with van der Waals surface area (Å²) in [6.07, 6.45) is 1.38. The third kappa shape index (κ3) is 3.50. The van der Waals surface area contributed by atoms with Gasteiger partial charge in [-0.2, -0.15) is 0 Å². The van der Waals surface area contributed by atoms with Gasteiger partial charge in [0.1, 0.15) is 19.5 Å². The van der Waals surface area contributed by atoms with Crippen LogP contribution in [-0.4, -0.2) is 19.1 Å². The smallest absolute Gasteiger partial charge is 0.290 e. The highest BCUT2D eigenvalue weighted by Gasteiger charge is 2.22. The summed E-state index contributed by atoms with van der Waals surface area (Å²) in [4.78, 5) is 12.1. The average molecular weight is 261 g/mol. The van der Waals surface area contributed by atoms with Crippen LogP contribution in [0.2, 0.25) is 0 Å². The van der Waals surface area contributed by atoms with Crippen molar-refractivity contribution in [1.82, 2.24) is 5.32 Å². The Balaban J connectivity index is 2.09. The van der Waals surface area contributed by atoms with E-state index < -0.39 is 0 Å². The number of ether oxygens (including phenoxy) is 2. The molecule has 2 rings (SSSR count). The van der Waals surface area contributed by atoms with E-state index in [1.165, 1.54) is 6.26 Å². The fraction of sp³-hybridized carbons (Fsp3) is 0.400. The van der Waals surface area contributed by atoms with Crippen molar-refractivity contribution in [3.8, 4) is 0 Å². The van der Waals surface area contributed by atoms with E-state index in [1.807, 2.05) is 30.3 Å². The van der Waals surface area contributed by atoms with Crippen molar-refractivity contribution in [3.63, 3.8) is 0 Å². The number of benzene rings is 1. The lowest BCUT2D eigenvalue weighted by Crippen LogP contribution is -2.34. The van der Waals surface area contributed by atoms with Crippen LogP contribution in [0.3, 0.4) is 0 Å². The van der Waals surface area contributed by atoms with Crippen LogP contribution in [0.5, 0.6) is 0 Å². The number of carbonyl (C=O) groups is 1. The zero-order valence-electron chi connectivity index (χ0n) is 11.3. The summed E-state index contributed by atoms with van der Waals surface area (Å²) < 4.78 is 10.4. The van der Waals surface area contributed by atoms with Gasteiger partial charge < -0.3 is 14.8 Å². The van der Waals surface area contributed by atoms with Gasteiger partial charge in [0.2, 0.25) is 5.76 Å². The quantitative estimate of drug-likeness (QED) is 0.905. The Kier molecular flexibility index (Phi) is 4.44. The first kappa shape index (κ1) is 13.5. The van der Waals surface area contributed by atoms with Crippen molar-refractivity contribution in [2.45, 2.75) is 19.9 Å². The Morgan fingerprint density at radius 3 is 2.53 bits per heavy atom. The highest BCUT2D eigenvalue weighted by atomic mass is 16.6. The van der Waals surface area contributed by atoms with Crippen molar-refractivity contribution in [3.05, 3.63) is 47.9 Å². The summed E-state index contributed by atoms with van der Waals surface area (Å²) in [7, 11) is 0. The SMILES string of the molecule is CC(C)[C@@H](NC(=O)C1=COCCO1)c1ccccc1. The minimum absolute atomic E-state index is 0.0415. The van der Waals surface area contributed by atoms with Gasteiger partial charge in [-0.15, -0.1) is 0 Å². The lowest BCUT2D eigenvalue weighted by Gasteiger charge is -2.24. The molecule has 1 aromatic carbocycles. The van der Waals surface area contributed by atoms with Gasteiger partial charge in [0, 0.05) is 0 Å². The van der Waals surface area contributed by atoms with Crippen molar-refractivity contribution in [1.29, 1.82) is 0 Å². The second-order valence-electron chi connectivity index (χ2n) is 4.81. The van der Waals surface area contributed by atoms with E-state index in [0.717, 1.165) is 5.56 Å². The van der Waals surface area contributed by atoms with Gasteiger partial charge in [0.25, 0.3) is 5.91 Å². The molecule has 19 heavy (non-hydrogen) atoms. The maximum atomic E-state index is 12.1. The molecule has 4 nitrogen and oxygen atoms in total. The maximum absolute atomic E-state index is 12.1. The van der Waals surface area contributed by atoms with Crippen LogP contribution in [0.4, 0.5) is 0 Å². The van der Waals surface area contributed by atoms with Crippen LogP contribution < -0.4 is 5.32 Å². The molecule has 0 radical (unpaired) electrons. The van der Waals surface area contributed by atoms with Gasteiger partial charge in [-0.25, -0.2) is 0 Å². The predicted octanol–water partition coefficient (Wildman–Crippen LogP) is 2.39. The first-order valence-electron chi connectivity index (χ1n) is 6.49. The van der Waals surface area contributed by atoms with Gasteiger partial charge in [-0.3, -0.25) is 4.79 Å². The van der Waals surface area contributed by atoms with Gasteiger partial charge >= 0.3 is 0 Å². The summed E-state index contributed by atoms with van der Waals surface area (Å²) in [5, 5.41) is 2.99. The highest BCUT2D eigenvalue weighted by molar-refractivity contribution is 5.91. The molecule has 1 aliphatic heterocycles. The molecule has 4 heteroatoms. The number of rotatable bonds is 4. The maximum Gasteiger partial charge on any atom is 0.290 e. The van der Waals surface area contributed by atoms with Crippen LogP contribution in [-0.2, 0) is 14.3 Å². The molecule has 0 bridgehead atoms. The topological polar surface area (TPSA) is 47.6 Å². The number of nitrogens with one attached hydrogen (secondary N) is 1. The molecule has 1 aliphatic rings. The lowest BCUT2D eigenvalue weighted by atomic mass is 9.96. The van der Waals surface area contributed by atoms with Crippen LogP contribution in [0.25, 0.3) is 0 Å². The van der Waals surface area contributed by atoms with E-state index in [4.69, 9.17) is 9.47 Å². The molecule has 0 saturated carbocycles. The number of amides is 1. The molecule has 1 N–H and O–H groups in total. The van der Waals surface area contributed by atoms with E-state index in [0.29, 0.717) is 13.2 Å². The number of hydrogen-bond donors (Lipinski definition) is 1. The molecule has 0 unspecified atom stereocenters. The molecule has 1 heterocycles. The second-order valence-corrected chi connectivity index (χ2v) is 4.81. The van der Waals surface area contributed by atoms with E-state index in [1.54, 1.807) is 0 Å². The molecule has 0 aliphatic carbocycles. The molecule has 1 atom stereocenters. The third-order valence-electron chi connectivity index (χ3n) is 2.98. The first-order chi connectivity index (χ1) is 9.18. The Morgan fingerprint density at radius 1 is 1.21 bits per heavy atom. The molecular formula is C15H19NO3. The fourth-order valence-corrected chi connectivity index (χ4v) is 2.00. The summed E-state index contributed by atoms with van der Waals surface area (Å²) in [5.74, 6) is 0.298. The minimum Gasteiger partial charge on any atom is -0.494 e. The molecule has 0 saturated heterocycles. The van der Waals surface area contributed by atoms with Crippen molar-refractivity contribution >= 4 is 5.91 Å². The van der Waals surface area contributed by atoms with Gasteiger partial charge in [0.05, 0.1) is 6.04 Å². The number of carbonyl (C=O) groups excluding carboxylic acids is 1. The fourth-order valence-electron chi connectivity index (χ4n) is 2.00. The predicted molar refractivity (Wildman–Crippen MR) is 72.2 cm³/mol. The summed E-state index contributed by atoms with van der Waals surface area (Å²) in [5.41, 5.74) is 1.09. The van der Waals surface area contributed by atoms with E-state index >= 15 is 0 Å². The van der Waals surface area contributed by atoms with E-state index in [2.05, 4.69) is 19.2 Å². The lowest BCUT2D eigenvalue weighted by molar-refractivity contribution is -0.123. The van der Waals surface area contributed by atoms with Crippen LogP contribution in [0.1, 0.15) is 25.5 Å². The Bertz CT molecular complexity index is 454. The minimum atomic E-state index is -0.234. The Hall–Kier alpha value is -1.97. The zero-order chi connectivity index (χ0) is 13.7. The van der Waals surface area contributed by atoms with E-state index in [9.17, 15) is 4.79 Å². The van der Waals surface area contributed by atoms with Crippen LogP contribution in [0.15, 0.2) is 42.4 Å². The van der Waals surface area contributed by atoms with Crippen molar-refractivity contribution in [2.24, 2.45) is 5.92 Å². The summed E-state index contributed by atoms with van der Waals surface area (Å²) in [6, 6.07) is 9.88. The van der Waals surface area contributed by atoms with Gasteiger partial charge in [0.15, 0.2) is 0 Å². The third-order valence-corrected chi connectivity index (χ3v) is 2.98. The zero-order valence-corrected chi connectivity index (χ0v) is 11.3. The Labute approximate surface area is 113 Å². The average Bonchev–Trinajstić information content (AvgIpc) is 2.46. The van der Waals surface area contributed by atoms with Crippen LogP contribution in [0, 0.1) is 5.92 Å². The molecule has 0 aromatic heterocycles. The molecule has 0 fully saturated rings. The monoisotopic (exact) mass is 261 g/mol. The molecule has 1 aromatic rings. The van der Waals surface area contributed by atoms with Gasteiger partial charge in [-0.05, 0) is 11.5 Å². The standard InChI is InChI=1S/C15H19NO3/c1-11(2)14(12-6-4-3-5-7-12)16-15(17)13-10-18-8-9-19-13/h3-7,10-11,14H,8-9H2,1-2H3,(H,16,17)/t14-/m1/s1. The molecular weight excluding hydrogens is 242 g/mol. The van der Waals surface area contributed by atoms with Crippen molar-refractivity contribution < 1.29 is 14.3 Å². The van der Waals surface area contributed by atoms with E-state index in [-0.39, 0.29) is 23.6 Å². The highest BCUT2D eigenvalue weighted by Crippen LogP contribution is 2.22. The normalized spacial score (nSPS) is 16.1. The molecule has 0 spiro atoms. The van der Waals surface area contributed by atoms with Crippen LogP contribution >= 0.6 is 0 Å². The van der Waals surface area contributed by atoms with Crippen molar-refractivity contribution in [2.75, 3.05) is 13.2 Å². The van der Waals surface area contributed by atoms with Gasteiger partial charge in [-0.1, -0.05) is 44.2 Å². The molecule has 1 amide bonds. The molecule has 102 valence electrons. The summed E-state index contributed by atoms with van der Waals surface area (Å²) in [6.45, 7) is 5.05. The second kappa shape index (κ2) is 6.27. The first-order valence-corrected chi connectivity index (χ1v) is 6.49. The summed E-state index contributed by atoms with van der Waals surface area (Å²) >= 11 is 0.